The molecule has 0 saturated heterocycles. The lowest BCUT2D eigenvalue weighted by atomic mass is 9.97. The van der Waals surface area contributed by atoms with Crippen molar-refractivity contribution >= 4 is 23.8 Å². The monoisotopic (exact) mass is 421 g/mol. The number of carbonyl (C=O) groups is 1. The molecule has 0 aromatic heterocycles. The van der Waals surface area contributed by atoms with Crippen LogP contribution in [0.25, 0.3) is 6.08 Å². The third-order valence-electron chi connectivity index (χ3n) is 3.70. The highest BCUT2D eigenvalue weighted by molar-refractivity contribution is 7.99. The van der Waals surface area contributed by atoms with Gasteiger partial charge in [-0.05, 0) is 31.6 Å². The van der Waals surface area contributed by atoms with Crippen LogP contribution < -0.4 is 4.74 Å². The van der Waals surface area contributed by atoms with Crippen LogP contribution in [-0.4, -0.2) is 48.1 Å². The van der Waals surface area contributed by atoms with E-state index in [9.17, 15) is 28.1 Å². The number of hydrogen-bond acceptors (Lipinski definition) is 7. The summed E-state index contributed by atoms with van der Waals surface area (Å²) in [6.45, 7) is 3.14. The highest BCUT2D eigenvalue weighted by Gasteiger charge is 2.49. The molecule has 0 fully saturated rings. The summed E-state index contributed by atoms with van der Waals surface area (Å²) in [5, 5.41) is 9.07. The number of thioether (sulfide) groups is 1. The first-order valence-corrected chi connectivity index (χ1v) is 9.33. The van der Waals surface area contributed by atoms with Crippen molar-refractivity contribution in [3.8, 4) is 5.75 Å². The number of aryl methyl sites for hydroxylation is 2. The van der Waals surface area contributed by atoms with Crippen LogP contribution in [0.5, 0.6) is 5.75 Å². The Morgan fingerprint density at radius 2 is 1.96 bits per heavy atom. The third-order valence-corrected chi connectivity index (χ3v) is 4.61. The number of fused-ring (bicyclic) bond motifs is 1. The minimum Gasteiger partial charge on any atom is -0.475 e. The van der Waals surface area contributed by atoms with Gasteiger partial charge in [0.2, 0.25) is 6.10 Å². The first kappa shape index (κ1) is 21.9. The molecule has 1 heterocycles. The summed E-state index contributed by atoms with van der Waals surface area (Å²) in [4.78, 5) is 26.3. The molecule has 0 amide bonds. The fraction of sp³-hybridized carbons (Fsp3) is 0.471. The molecular formula is C17H18F3NO6S. The highest BCUT2D eigenvalue weighted by Crippen LogP contribution is 2.39. The minimum atomic E-state index is -4.78. The molecule has 0 spiro atoms. The predicted octanol–water partition coefficient (Wildman–Crippen LogP) is 3.49. The number of carbonyl (C=O) groups excluding carboxylic acids is 1. The maximum atomic E-state index is 13.4. The molecular weight excluding hydrogens is 403 g/mol. The van der Waals surface area contributed by atoms with Crippen molar-refractivity contribution in [2.24, 2.45) is 0 Å². The Labute approximate surface area is 162 Å². The summed E-state index contributed by atoms with van der Waals surface area (Å²) in [7, 11) is 0. The number of halogens is 3. The van der Waals surface area contributed by atoms with E-state index in [1.54, 1.807) is 26.0 Å². The van der Waals surface area contributed by atoms with E-state index < -0.39 is 28.9 Å². The molecule has 0 radical (unpaired) electrons. The number of alkyl halides is 3. The van der Waals surface area contributed by atoms with E-state index in [-0.39, 0.29) is 30.5 Å². The Hall–Kier alpha value is -2.43. The van der Waals surface area contributed by atoms with Gasteiger partial charge in [0, 0.05) is 17.1 Å². The van der Waals surface area contributed by atoms with E-state index in [2.05, 4.69) is 4.84 Å². The van der Waals surface area contributed by atoms with Gasteiger partial charge in [0.1, 0.15) is 19.0 Å². The van der Waals surface area contributed by atoms with Crippen molar-refractivity contribution in [2.75, 3.05) is 24.7 Å². The molecule has 28 heavy (non-hydrogen) atoms. The molecule has 0 saturated carbocycles. The van der Waals surface area contributed by atoms with Crippen LogP contribution in [0.2, 0.25) is 0 Å². The van der Waals surface area contributed by atoms with E-state index in [0.29, 0.717) is 11.1 Å². The lowest BCUT2D eigenvalue weighted by Gasteiger charge is -2.29. The highest BCUT2D eigenvalue weighted by atomic mass is 32.2. The largest absolute Gasteiger partial charge is 0.475 e. The molecule has 154 valence electrons. The summed E-state index contributed by atoms with van der Waals surface area (Å²) in [6, 6.07) is 3.33. The van der Waals surface area contributed by atoms with E-state index in [4.69, 9.17) is 9.47 Å². The van der Waals surface area contributed by atoms with Gasteiger partial charge in [0.15, 0.2) is 0 Å². The standard InChI is InChI=1S/C17H18F3NO6S/c1-10-7-11(2)14-12(8-10)9-13(15(27-14)17(18,19)20)16(22)25-3-5-28-6-4-26-21(23)24/h7-9,15H,3-6H2,1-2H3/t15-/m0/s1. The van der Waals surface area contributed by atoms with Crippen LogP contribution >= 0.6 is 11.8 Å². The van der Waals surface area contributed by atoms with Crippen molar-refractivity contribution in [2.45, 2.75) is 26.1 Å². The quantitative estimate of drug-likeness (QED) is 0.275. The van der Waals surface area contributed by atoms with Gasteiger partial charge in [-0.1, -0.05) is 11.6 Å². The smallest absolute Gasteiger partial charge is 0.430 e. The molecule has 1 aromatic rings. The zero-order valence-corrected chi connectivity index (χ0v) is 15.9. The Morgan fingerprint density at radius 1 is 1.29 bits per heavy atom. The molecule has 1 atom stereocenters. The Morgan fingerprint density at radius 3 is 2.61 bits per heavy atom. The Kier molecular flexibility index (Phi) is 7.17. The number of hydrogen-bond donors (Lipinski definition) is 0. The maximum Gasteiger partial charge on any atom is 0.430 e. The molecule has 1 aliphatic rings. The Bertz CT molecular complexity index is 781. The van der Waals surface area contributed by atoms with Gasteiger partial charge in [0.05, 0.1) is 5.57 Å². The number of esters is 1. The summed E-state index contributed by atoms with van der Waals surface area (Å²) >= 11 is 1.20. The molecule has 1 aliphatic heterocycles. The van der Waals surface area contributed by atoms with E-state index in [1.807, 2.05) is 0 Å². The topological polar surface area (TPSA) is 87.9 Å². The molecule has 11 heteroatoms. The van der Waals surface area contributed by atoms with Gasteiger partial charge in [-0.3, -0.25) is 0 Å². The average molecular weight is 421 g/mol. The minimum absolute atomic E-state index is 0.0887. The van der Waals surface area contributed by atoms with Gasteiger partial charge in [-0.25, -0.2) is 4.79 Å². The lowest BCUT2D eigenvalue weighted by Crippen LogP contribution is -2.41. The average Bonchev–Trinajstić information content (AvgIpc) is 2.58. The van der Waals surface area contributed by atoms with Crippen molar-refractivity contribution in [3.63, 3.8) is 0 Å². The number of ether oxygens (including phenoxy) is 2. The van der Waals surface area contributed by atoms with Crippen LogP contribution in [-0.2, 0) is 14.4 Å². The van der Waals surface area contributed by atoms with E-state index in [1.165, 1.54) is 11.8 Å². The molecule has 1 aromatic carbocycles. The van der Waals surface area contributed by atoms with E-state index >= 15 is 0 Å². The fourth-order valence-electron chi connectivity index (χ4n) is 2.64. The summed E-state index contributed by atoms with van der Waals surface area (Å²) in [5.41, 5.74) is 1.13. The molecule has 7 nitrogen and oxygen atoms in total. The third kappa shape index (κ3) is 5.78. The van der Waals surface area contributed by atoms with Crippen LogP contribution in [0.15, 0.2) is 17.7 Å². The molecule has 2 rings (SSSR count). The molecule has 0 bridgehead atoms. The number of nitrogens with zero attached hydrogens (tertiary/aromatic N) is 1. The first-order valence-electron chi connectivity index (χ1n) is 8.18. The van der Waals surface area contributed by atoms with Crippen molar-refractivity contribution in [1.29, 1.82) is 0 Å². The van der Waals surface area contributed by atoms with Gasteiger partial charge < -0.3 is 14.3 Å². The van der Waals surface area contributed by atoms with E-state index in [0.717, 1.165) is 11.6 Å². The second-order valence-corrected chi connectivity index (χ2v) is 7.17. The first-order chi connectivity index (χ1) is 13.1. The second-order valence-electron chi connectivity index (χ2n) is 5.94. The zero-order valence-electron chi connectivity index (χ0n) is 15.1. The number of rotatable bonds is 8. The van der Waals surface area contributed by atoms with Crippen LogP contribution in [0.3, 0.4) is 0 Å². The van der Waals surface area contributed by atoms with Gasteiger partial charge in [-0.2, -0.15) is 24.9 Å². The Balaban J connectivity index is 2.04. The van der Waals surface area contributed by atoms with Crippen molar-refractivity contribution in [1.82, 2.24) is 0 Å². The van der Waals surface area contributed by atoms with Gasteiger partial charge in [0.25, 0.3) is 5.09 Å². The summed E-state index contributed by atoms with van der Waals surface area (Å²) in [6.07, 6.45) is -6.04. The lowest BCUT2D eigenvalue weighted by molar-refractivity contribution is -0.756. The van der Waals surface area contributed by atoms with Crippen molar-refractivity contribution < 1.29 is 37.4 Å². The summed E-state index contributed by atoms with van der Waals surface area (Å²) < 4.78 is 50.3. The summed E-state index contributed by atoms with van der Waals surface area (Å²) in [5.74, 6) is -0.492. The number of benzene rings is 1. The van der Waals surface area contributed by atoms with Gasteiger partial charge in [-0.15, -0.1) is 10.1 Å². The normalized spacial score (nSPS) is 15.9. The maximum absolute atomic E-state index is 13.4. The van der Waals surface area contributed by atoms with Gasteiger partial charge >= 0.3 is 12.1 Å². The van der Waals surface area contributed by atoms with Crippen LogP contribution in [0.4, 0.5) is 13.2 Å². The second kappa shape index (κ2) is 9.18. The van der Waals surface area contributed by atoms with Crippen LogP contribution in [0, 0.1) is 24.0 Å². The molecule has 0 N–H and O–H groups in total. The molecule has 0 unspecified atom stereocenters. The predicted molar refractivity (Wildman–Crippen MR) is 95.6 cm³/mol. The van der Waals surface area contributed by atoms with Crippen molar-refractivity contribution in [3.05, 3.63) is 44.5 Å². The molecule has 0 aliphatic carbocycles. The fourth-order valence-corrected chi connectivity index (χ4v) is 3.24. The van der Waals surface area contributed by atoms with Crippen LogP contribution in [0.1, 0.15) is 16.7 Å². The SMILES string of the molecule is Cc1cc(C)c2c(c1)C=C(C(=O)OCCSCCO[N+](=O)[O-])[C@@H](C(F)(F)F)O2. The zero-order chi connectivity index (χ0) is 20.9.